The third kappa shape index (κ3) is 3.33. The Balaban J connectivity index is 2.15. The molecule has 0 amide bonds. The molecule has 104 valence electrons. The fourth-order valence-corrected chi connectivity index (χ4v) is 1.90. The standard InChI is InChI=1S/C14H9BrF2O3/c15-11-4-3-10(16)6-13(11)20-7-9-2-1-8(14(18)19)5-12(9)17/h1-6H,7H2,(H,18,19). The molecular weight excluding hydrogens is 334 g/mol. The van der Waals surface area contributed by atoms with Gasteiger partial charge in [0.25, 0.3) is 0 Å². The summed E-state index contributed by atoms with van der Waals surface area (Å²) in [6, 6.07) is 7.44. The van der Waals surface area contributed by atoms with E-state index in [1.54, 1.807) is 0 Å². The summed E-state index contributed by atoms with van der Waals surface area (Å²) in [5.74, 6) is -2.11. The Morgan fingerprint density at radius 3 is 2.60 bits per heavy atom. The van der Waals surface area contributed by atoms with Crippen molar-refractivity contribution in [1.82, 2.24) is 0 Å². The molecule has 0 aliphatic rings. The summed E-state index contributed by atoms with van der Waals surface area (Å²) in [6.07, 6.45) is 0. The van der Waals surface area contributed by atoms with Gasteiger partial charge in [0.2, 0.25) is 0 Å². The summed E-state index contributed by atoms with van der Waals surface area (Å²) in [5.41, 5.74) is 0.0457. The zero-order valence-corrected chi connectivity index (χ0v) is 11.7. The van der Waals surface area contributed by atoms with Crippen molar-refractivity contribution in [2.45, 2.75) is 6.61 Å². The second-order valence-corrected chi connectivity index (χ2v) is 4.83. The first-order chi connectivity index (χ1) is 9.47. The minimum Gasteiger partial charge on any atom is -0.488 e. The van der Waals surface area contributed by atoms with E-state index in [0.29, 0.717) is 4.47 Å². The van der Waals surface area contributed by atoms with Gasteiger partial charge in [0, 0.05) is 11.6 Å². The zero-order valence-electron chi connectivity index (χ0n) is 10.1. The van der Waals surface area contributed by atoms with E-state index in [0.717, 1.165) is 6.07 Å². The van der Waals surface area contributed by atoms with E-state index in [1.165, 1.54) is 30.3 Å². The predicted molar refractivity (Wildman–Crippen MR) is 71.8 cm³/mol. The van der Waals surface area contributed by atoms with Gasteiger partial charge in [-0.2, -0.15) is 0 Å². The van der Waals surface area contributed by atoms with Crippen LogP contribution in [0.25, 0.3) is 0 Å². The lowest BCUT2D eigenvalue weighted by molar-refractivity contribution is 0.0696. The lowest BCUT2D eigenvalue weighted by Crippen LogP contribution is -2.03. The number of hydrogen-bond acceptors (Lipinski definition) is 2. The largest absolute Gasteiger partial charge is 0.488 e. The first-order valence-electron chi connectivity index (χ1n) is 5.57. The van der Waals surface area contributed by atoms with Gasteiger partial charge in [-0.15, -0.1) is 0 Å². The number of aromatic carboxylic acids is 1. The molecule has 0 saturated carbocycles. The lowest BCUT2D eigenvalue weighted by atomic mass is 10.1. The van der Waals surface area contributed by atoms with Crippen molar-refractivity contribution in [1.29, 1.82) is 0 Å². The summed E-state index contributed by atoms with van der Waals surface area (Å²) >= 11 is 3.19. The molecule has 2 rings (SSSR count). The van der Waals surface area contributed by atoms with Crippen molar-refractivity contribution in [2.24, 2.45) is 0 Å². The smallest absolute Gasteiger partial charge is 0.335 e. The maximum atomic E-state index is 13.7. The minimum absolute atomic E-state index is 0.131. The fraction of sp³-hybridized carbons (Fsp3) is 0.0714. The second-order valence-electron chi connectivity index (χ2n) is 3.97. The Labute approximate surface area is 121 Å². The van der Waals surface area contributed by atoms with Crippen LogP contribution in [0.15, 0.2) is 40.9 Å². The van der Waals surface area contributed by atoms with Gasteiger partial charge >= 0.3 is 5.97 Å². The molecule has 0 atom stereocenters. The van der Waals surface area contributed by atoms with E-state index < -0.39 is 17.6 Å². The molecule has 0 bridgehead atoms. The van der Waals surface area contributed by atoms with E-state index in [1.807, 2.05) is 0 Å². The average molecular weight is 343 g/mol. The van der Waals surface area contributed by atoms with Crippen LogP contribution in [0.3, 0.4) is 0 Å². The number of hydrogen-bond donors (Lipinski definition) is 1. The van der Waals surface area contributed by atoms with Gasteiger partial charge in [-0.25, -0.2) is 13.6 Å². The molecule has 0 spiro atoms. The van der Waals surface area contributed by atoms with Crippen molar-refractivity contribution >= 4 is 21.9 Å². The number of halogens is 3. The van der Waals surface area contributed by atoms with Gasteiger partial charge in [-0.1, -0.05) is 6.07 Å². The first-order valence-corrected chi connectivity index (χ1v) is 6.36. The van der Waals surface area contributed by atoms with Gasteiger partial charge in [0.05, 0.1) is 10.0 Å². The molecule has 2 aromatic rings. The molecule has 0 radical (unpaired) electrons. The van der Waals surface area contributed by atoms with Crippen LogP contribution in [0.1, 0.15) is 15.9 Å². The number of rotatable bonds is 4. The molecule has 0 fully saturated rings. The molecule has 0 aromatic heterocycles. The summed E-state index contributed by atoms with van der Waals surface area (Å²) in [6.45, 7) is -0.131. The summed E-state index contributed by atoms with van der Waals surface area (Å²) in [5, 5.41) is 8.73. The molecule has 0 aliphatic heterocycles. The van der Waals surface area contributed by atoms with Crippen LogP contribution in [0.5, 0.6) is 5.75 Å². The quantitative estimate of drug-likeness (QED) is 0.913. The first kappa shape index (κ1) is 14.5. The maximum Gasteiger partial charge on any atom is 0.335 e. The number of ether oxygens (including phenoxy) is 1. The van der Waals surface area contributed by atoms with E-state index in [4.69, 9.17) is 9.84 Å². The molecule has 0 saturated heterocycles. The van der Waals surface area contributed by atoms with E-state index in [-0.39, 0.29) is 23.5 Å². The maximum absolute atomic E-state index is 13.7. The van der Waals surface area contributed by atoms with Crippen molar-refractivity contribution in [2.75, 3.05) is 0 Å². The topological polar surface area (TPSA) is 46.5 Å². The molecule has 3 nitrogen and oxygen atoms in total. The van der Waals surface area contributed by atoms with Crippen LogP contribution >= 0.6 is 15.9 Å². The van der Waals surface area contributed by atoms with E-state index in [9.17, 15) is 13.6 Å². The highest BCUT2D eigenvalue weighted by molar-refractivity contribution is 9.10. The minimum atomic E-state index is -1.20. The van der Waals surface area contributed by atoms with Gasteiger partial charge < -0.3 is 9.84 Å². The van der Waals surface area contributed by atoms with E-state index in [2.05, 4.69) is 15.9 Å². The number of benzene rings is 2. The third-order valence-corrected chi connectivity index (χ3v) is 3.23. The molecule has 2 aromatic carbocycles. The lowest BCUT2D eigenvalue weighted by Gasteiger charge is -2.09. The SMILES string of the molecule is O=C(O)c1ccc(COc2cc(F)ccc2Br)c(F)c1. The summed E-state index contributed by atoms with van der Waals surface area (Å²) in [7, 11) is 0. The molecule has 0 unspecified atom stereocenters. The summed E-state index contributed by atoms with van der Waals surface area (Å²) in [4.78, 5) is 10.7. The molecule has 0 heterocycles. The van der Waals surface area contributed by atoms with Crippen LogP contribution in [0, 0.1) is 11.6 Å². The van der Waals surface area contributed by atoms with Crippen LogP contribution in [-0.2, 0) is 6.61 Å². The Hall–Kier alpha value is -1.95. The fourth-order valence-electron chi connectivity index (χ4n) is 1.54. The van der Waals surface area contributed by atoms with Crippen LogP contribution < -0.4 is 4.74 Å². The molecule has 6 heteroatoms. The Bertz CT molecular complexity index is 659. The zero-order chi connectivity index (χ0) is 14.7. The Morgan fingerprint density at radius 1 is 1.20 bits per heavy atom. The van der Waals surface area contributed by atoms with Crippen molar-refractivity contribution in [3.8, 4) is 5.75 Å². The predicted octanol–water partition coefficient (Wildman–Crippen LogP) is 4.00. The van der Waals surface area contributed by atoms with Gasteiger partial charge in [0.15, 0.2) is 0 Å². The van der Waals surface area contributed by atoms with Gasteiger partial charge in [-0.3, -0.25) is 0 Å². The molecular formula is C14H9BrF2O3. The molecule has 20 heavy (non-hydrogen) atoms. The highest BCUT2D eigenvalue weighted by atomic mass is 79.9. The monoisotopic (exact) mass is 342 g/mol. The Kier molecular flexibility index (Phi) is 4.34. The van der Waals surface area contributed by atoms with Crippen molar-refractivity contribution in [3.05, 3.63) is 63.6 Å². The molecule has 1 N–H and O–H groups in total. The van der Waals surface area contributed by atoms with Crippen LogP contribution in [0.2, 0.25) is 0 Å². The van der Waals surface area contributed by atoms with Gasteiger partial charge in [-0.05, 0) is 40.2 Å². The van der Waals surface area contributed by atoms with Crippen molar-refractivity contribution in [3.63, 3.8) is 0 Å². The van der Waals surface area contributed by atoms with Crippen LogP contribution in [0.4, 0.5) is 8.78 Å². The van der Waals surface area contributed by atoms with E-state index >= 15 is 0 Å². The van der Waals surface area contributed by atoms with Crippen LogP contribution in [-0.4, -0.2) is 11.1 Å². The molecule has 0 aliphatic carbocycles. The summed E-state index contributed by atoms with van der Waals surface area (Å²) < 4.78 is 32.6. The third-order valence-electron chi connectivity index (χ3n) is 2.58. The van der Waals surface area contributed by atoms with Gasteiger partial charge in [0.1, 0.15) is 24.0 Å². The highest BCUT2D eigenvalue weighted by Gasteiger charge is 2.10. The highest BCUT2D eigenvalue weighted by Crippen LogP contribution is 2.26. The number of carbonyl (C=O) groups is 1. The number of carboxylic acids is 1. The van der Waals surface area contributed by atoms with Crippen molar-refractivity contribution < 1.29 is 23.4 Å². The normalized spacial score (nSPS) is 10.3. The number of carboxylic acid groups (broad SMARTS) is 1. The average Bonchev–Trinajstić information content (AvgIpc) is 2.40. The Morgan fingerprint density at radius 2 is 1.95 bits per heavy atom. The second kappa shape index (κ2) is 6.00.